The number of ether oxygens (including phenoxy) is 1. The van der Waals surface area contributed by atoms with Crippen molar-refractivity contribution in [1.29, 1.82) is 0 Å². The number of carbonyl (C=O) groups is 2. The van der Waals surface area contributed by atoms with Crippen LogP contribution in [0.5, 0.6) is 5.75 Å². The van der Waals surface area contributed by atoms with Gasteiger partial charge < -0.3 is 15.2 Å². The maximum Gasteiger partial charge on any atom is 0.338 e. The first-order valence-corrected chi connectivity index (χ1v) is 8.30. The van der Waals surface area contributed by atoms with E-state index in [-0.39, 0.29) is 27.3 Å². The monoisotopic (exact) mass is 386 g/mol. The van der Waals surface area contributed by atoms with Gasteiger partial charge in [-0.25, -0.2) is 9.78 Å². The van der Waals surface area contributed by atoms with Crippen LogP contribution in [0.1, 0.15) is 10.4 Å². The summed E-state index contributed by atoms with van der Waals surface area (Å²) in [5, 5.41) is 12.6. The van der Waals surface area contributed by atoms with Gasteiger partial charge in [-0.3, -0.25) is 4.79 Å². The third-order valence-electron chi connectivity index (χ3n) is 2.83. The van der Waals surface area contributed by atoms with Crippen LogP contribution < -0.4 is 10.1 Å². The van der Waals surface area contributed by atoms with Crippen molar-refractivity contribution in [2.24, 2.45) is 0 Å². The van der Waals surface area contributed by atoms with Crippen molar-refractivity contribution in [3.8, 4) is 5.75 Å². The Morgan fingerprint density at radius 1 is 1.38 bits per heavy atom. The molecule has 0 fully saturated rings. The number of aromatic carboxylic acids is 1. The zero-order valence-corrected chi connectivity index (χ0v) is 14.7. The van der Waals surface area contributed by atoms with Crippen LogP contribution in [-0.4, -0.2) is 34.8 Å². The van der Waals surface area contributed by atoms with E-state index in [0.29, 0.717) is 16.5 Å². The molecule has 9 heteroatoms. The predicted octanol–water partition coefficient (Wildman–Crippen LogP) is 3.83. The summed E-state index contributed by atoms with van der Waals surface area (Å²) >= 11 is 12.9. The summed E-state index contributed by atoms with van der Waals surface area (Å²) in [6, 6.07) is 5.96. The number of benzene rings is 1. The second kappa shape index (κ2) is 8.23. The van der Waals surface area contributed by atoms with Crippen molar-refractivity contribution in [2.75, 3.05) is 18.2 Å². The number of nitrogens with zero attached hydrogens (tertiary/aromatic N) is 1. The molecule has 0 saturated carbocycles. The Hall–Kier alpha value is -1.96. The number of anilines is 1. The summed E-state index contributed by atoms with van der Waals surface area (Å²) in [7, 11) is 1.42. The molecule has 0 radical (unpaired) electrons. The first-order chi connectivity index (χ1) is 11.4. The maximum atomic E-state index is 12.1. The largest absolute Gasteiger partial charge is 0.493 e. The lowest BCUT2D eigenvalue weighted by Gasteiger charge is -2.12. The molecule has 2 aromatic rings. The smallest absolute Gasteiger partial charge is 0.338 e. The second-order valence-corrected chi connectivity index (χ2v) is 6.27. The van der Waals surface area contributed by atoms with Crippen LogP contribution in [0.4, 0.5) is 5.69 Å². The van der Waals surface area contributed by atoms with E-state index in [2.05, 4.69) is 10.3 Å². The van der Waals surface area contributed by atoms with Crippen LogP contribution in [0.2, 0.25) is 10.0 Å². The van der Waals surface area contributed by atoms with Crippen molar-refractivity contribution in [2.45, 2.75) is 5.03 Å². The fourth-order valence-electron chi connectivity index (χ4n) is 1.85. The van der Waals surface area contributed by atoms with E-state index in [4.69, 9.17) is 33.0 Å². The van der Waals surface area contributed by atoms with Gasteiger partial charge in [-0.1, -0.05) is 35.0 Å². The number of amides is 1. The van der Waals surface area contributed by atoms with Crippen molar-refractivity contribution in [3.05, 3.63) is 46.1 Å². The highest BCUT2D eigenvalue weighted by atomic mass is 35.5. The number of rotatable bonds is 6. The van der Waals surface area contributed by atoms with E-state index in [1.54, 1.807) is 0 Å². The van der Waals surface area contributed by atoms with Gasteiger partial charge in [0, 0.05) is 11.2 Å². The summed E-state index contributed by atoms with van der Waals surface area (Å²) in [6.45, 7) is 0. The van der Waals surface area contributed by atoms with Crippen molar-refractivity contribution < 1.29 is 19.4 Å². The van der Waals surface area contributed by atoms with Crippen LogP contribution in [0.25, 0.3) is 0 Å². The molecule has 0 spiro atoms. The minimum atomic E-state index is -1.10. The highest BCUT2D eigenvalue weighted by Gasteiger charge is 2.15. The van der Waals surface area contributed by atoms with E-state index in [1.165, 1.54) is 37.6 Å². The van der Waals surface area contributed by atoms with E-state index >= 15 is 0 Å². The second-order valence-electron chi connectivity index (χ2n) is 4.47. The van der Waals surface area contributed by atoms with Gasteiger partial charge in [-0.2, -0.15) is 0 Å². The zero-order chi connectivity index (χ0) is 17.7. The first kappa shape index (κ1) is 18.4. The molecule has 0 aliphatic heterocycles. The Morgan fingerprint density at radius 3 is 2.79 bits per heavy atom. The lowest BCUT2D eigenvalue weighted by Crippen LogP contribution is -2.15. The van der Waals surface area contributed by atoms with Gasteiger partial charge in [0.05, 0.1) is 29.1 Å². The fourth-order valence-corrected chi connectivity index (χ4v) is 3.21. The molecule has 0 aliphatic rings. The van der Waals surface area contributed by atoms with E-state index in [1.807, 2.05) is 0 Å². The standard InChI is InChI=1S/C15H12Cl2N2O4S/c1-23-13-10(17)5-8(16)6-11(13)19-12(20)7-24-14-9(15(21)22)3-2-4-18-14/h2-6H,7H2,1H3,(H,19,20)(H,21,22). The molecule has 2 N–H and O–H groups in total. The molecule has 1 amide bonds. The number of hydrogen-bond acceptors (Lipinski definition) is 5. The Morgan fingerprint density at radius 2 is 2.12 bits per heavy atom. The lowest BCUT2D eigenvalue weighted by molar-refractivity contribution is -0.113. The molecule has 0 atom stereocenters. The Balaban J connectivity index is 2.09. The predicted molar refractivity (Wildman–Crippen MR) is 93.6 cm³/mol. The molecule has 126 valence electrons. The molecule has 1 heterocycles. The lowest BCUT2D eigenvalue weighted by atomic mass is 10.3. The SMILES string of the molecule is COc1c(Cl)cc(Cl)cc1NC(=O)CSc1ncccc1C(=O)O. The number of carboxylic acid groups (broad SMARTS) is 1. The van der Waals surface area contributed by atoms with Crippen molar-refractivity contribution in [3.63, 3.8) is 0 Å². The number of carbonyl (C=O) groups excluding carboxylic acids is 1. The molecule has 0 saturated heterocycles. The highest BCUT2D eigenvalue weighted by molar-refractivity contribution is 8.00. The first-order valence-electron chi connectivity index (χ1n) is 6.56. The maximum absolute atomic E-state index is 12.1. The third-order valence-corrected chi connectivity index (χ3v) is 4.33. The van der Waals surface area contributed by atoms with Crippen LogP contribution >= 0.6 is 35.0 Å². The van der Waals surface area contributed by atoms with Gasteiger partial charge >= 0.3 is 5.97 Å². The van der Waals surface area contributed by atoms with Gasteiger partial charge in [0.15, 0.2) is 5.75 Å². The van der Waals surface area contributed by atoms with E-state index in [9.17, 15) is 9.59 Å². The number of pyridine rings is 1. The Labute approximate surface area is 152 Å². The fraction of sp³-hybridized carbons (Fsp3) is 0.133. The number of hydrogen-bond donors (Lipinski definition) is 2. The third kappa shape index (κ3) is 4.53. The average Bonchev–Trinajstić information content (AvgIpc) is 2.52. The molecule has 0 bridgehead atoms. The topological polar surface area (TPSA) is 88.5 Å². The molecular formula is C15H12Cl2N2O4S. The average molecular weight is 387 g/mol. The molecule has 2 rings (SSSR count). The molecular weight excluding hydrogens is 375 g/mol. The minimum absolute atomic E-state index is 0.0371. The minimum Gasteiger partial charge on any atom is -0.493 e. The molecule has 0 aliphatic carbocycles. The number of nitrogens with one attached hydrogen (secondary N) is 1. The van der Waals surface area contributed by atoms with Gasteiger partial charge in [0.25, 0.3) is 0 Å². The van der Waals surface area contributed by atoms with Gasteiger partial charge in [0.2, 0.25) is 5.91 Å². The molecule has 6 nitrogen and oxygen atoms in total. The number of thioether (sulfide) groups is 1. The number of methoxy groups -OCH3 is 1. The highest BCUT2D eigenvalue weighted by Crippen LogP contribution is 2.36. The van der Waals surface area contributed by atoms with Crippen LogP contribution in [0.3, 0.4) is 0 Å². The van der Waals surface area contributed by atoms with Gasteiger partial charge in [0.1, 0.15) is 5.03 Å². The summed E-state index contributed by atoms with van der Waals surface area (Å²) in [4.78, 5) is 27.2. The molecule has 1 aromatic carbocycles. The van der Waals surface area contributed by atoms with Crippen molar-refractivity contribution >= 4 is 52.5 Å². The Bertz CT molecular complexity index is 786. The molecule has 1 aromatic heterocycles. The zero-order valence-electron chi connectivity index (χ0n) is 12.4. The summed E-state index contributed by atoms with van der Waals surface area (Å²) < 4.78 is 5.14. The van der Waals surface area contributed by atoms with Gasteiger partial charge in [-0.05, 0) is 24.3 Å². The summed E-state index contributed by atoms with van der Waals surface area (Å²) in [5.74, 6) is -1.22. The summed E-state index contributed by atoms with van der Waals surface area (Å²) in [6.07, 6.45) is 1.46. The quantitative estimate of drug-likeness (QED) is 0.733. The van der Waals surface area contributed by atoms with E-state index < -0.39 is 5.97 Å². The number of halogens is 2. The summed E-state index contributed by atoms with van der Waals surface area (Å²) in [5.41, 5.74) is 0.374. The van der Waals surface area contributed by atoms with Crippen LogP contribution in [0.15, 0.2) is 35.5 Å². The molecule has 24 heavy (non-hydrogen) atoms. The van der Waals surface area contributed by atoms with Crippen LogP contribution in [0, 0.1) is 0 Å². The normalized spacial score (nSPS) is 10.3. The molecule has 0 unspecified atom stereocenters. The number of aromatic nitrogens is 1. The van der Waals surface area contributed by atoms with Crippen molar-refractivity contribution in [1.82, 2.24) is 4.98 Å². The van der Waals surface area contributed by atoms with E-state index in [0.717, 1.165) is 11.8 Å². The van der Waals surface area contributed by atoms with Gasteiger partial charge in [-0.15, -0.1) is 0 Å². The van der Waals surface area contributed by atoms with Crippen LogP contribution in [-0.2, 0) is 4.79 Å². The number of carboxylic acids is 1. The Kier molecular flexibility index (Phi) is 6.30.